The monoisotopic (exact) mass is 223 g/mol. The molecule has 0 spiro atoms. The van der Waals surface area contributed by atoms with Crippen molar-refractivity contribution >= 4 is 12.4 Å². The molecule has 80 valence electrons. The molecule has 0 amide bonds. The van der Waals surface area contributed by atoms with E-state index in [0.717, 1.165) is 12.1 Å². The van der Waals surface area contributed by atoms with E-state index in [2.05, 4.69) is 0 Å². The van der Waals surface area contributed by atoms with E-state index in [0.29, 0.717) is 0 Å². The Balaban J connectivity index is 0.00000169. The highest BCUT2D eigenvalue weighted by molar-refractivity contribution is 5.85. The first-order chi connectivity index (χ1) is 6.09. The second-order valence-corrected chi connectivity index (χ2v) is 2.86. The molecule has 0 fully saturated rings. The van der Waals surface area contributed by atoms with E-state index in [-0.39, 0.29) is 30.8 Å². The van der Waals surface area contributed by atoms with Crippen LogP contribution in [0.3, 0.4) is 0 Å². The number of nitrogens with two attached hydrogens (primary N) is 1. The van der Waals surface area contributed by atoms with E-state index < -0.39 is 11.6 Å². The lowest BCUT2D eigenvalue weighted by molar-refractivity contribution is 0.281. The summed E-state index contributed by atoms with van der Waals surface area (Å²) in [4.78, 5) is 0. The normalized spacial score (nSPS) is 11.7. The second-order valence-electron chi connectivity index (χ2n) is 2.86. The summed E-state index contributed by atoms with van der Waals surface area (Å²) >= 11 is 0. The van der Waals surface area contributed by atoms with E-state index in [1.54, 1.807) is 6.92 Å². The molecule has 1 atom stereocenters. The predicted molar refractivity (Wildman–Crippen MR) is 52.8 cm³/mol. The minimum absolute atomic E-state index is 0. The van der Waals surface area contributed by atoms with Crippen molar-refractivity contribution in [3.8, 4) is 5.75 Å². The lowest BCUT2D eigenvalue weighted by Gasteiger charge is -2.08. The maximum Gasteiger partial charge on any atom is 0.167 e. The minimum Gasteiger partial charge on any atom is -0.489 e. The van der Waals surface area contributed by atoms with Crippen LogP contribution >= 0.6 is 12.4 Å². The van der Waals surface area contributed by atoms with Gasteiger partial charge in [-0.2, -0.15) is 0 Å². The summed E-state index contributed by atoms with van der Waals surface area (Å²) in [6.07, 6.45) is 0. The van der Waals surface area contributed by atoms with Crippen LogP contribution < -0.4 is 10.5 Å². The second kappa shape index (κ2) is 5.78. The summed E-state index contributed by atoms with van der Waals surface area (Å²) in [5.41, 5.74) is 5.40. The number of benzene rings is 1. The van der Waals surface area contributed by atoms with E-state index in [4.69, 9.17) is 10.5 Å². The SMILES string of the molecule is CC(N)COc1ccc(F)cc1F.Cl. The molecule has 5 heteroatoms. The summed E-state index contributed by atoms with van der Waals surface area (Å²) in [6, 6.07) is 2.98. The van der Waals surface area contributed by atoms with Gasteiger partial charge < -0.3 is 10.5 Å². The van der Waals surface area contributed by atoms with Crippen LogP contribution in [0.4, 0.5) is 8.78 Å². The Kier molecular flexibility index (Phi) is 5.42. The fourth-order valence-corrected chi connectivity index (χ4v) is 0.813. The van der Waals surface area contributed by atoms with Crippen molar-refractivity contribution in [2.24, 2.45) is 5.73 Å². The predicted octanol–water partition coefficient (Wildman–Crippen LogP) is 2.11. The van der Waals surface area contributed by atoms with Gasteiger partial charge in [-0.3, -0.25) is 0 Å². The Morgan fingerprint density at radius 1 is 1.43 bits per heavy atom. The molecule has 1 aromatic rings. The van der Waals surface area contributed by atoms with Crippen molar-refractivity contribution in [2.75, 3.05) is 6.61 Å². The molecule has 14 heavy (non-hydrogen) atoms. The standard InChI is InChI=1S/C9H11F2NO.ClH/c1-6(12)5-13-9-3-2-7(10)4-8(9)11;/h2-4,6H,5,12H2,1H3;1H. The fraction of sp³-hybridized carbons (Fsp3) is 0.333. The van der Waals surface area contributed by atoms with Crippen molar-refractivity contribution in [1.29, 1.82) is 0 Å². The van der Waals surface area contributed by atoms with Gasteiger partial charge in [-0.25, -0.2) is 8.78 Å². The Bertz CT molecular complexity index is 294. The van der Waals surface area contributed by atoms with Crippen LogP contribution in [-0.4, -0.2) is 12.6 Å². The van der Waals surface area contributed by atoms with Crippen molar-refractivity contribution < 1.29 is 13.5 Å². The van der Waals surface area contributed by atoms with Gasteiger partial charge >= 0.3 is 0 Å². The van der Waals surface area contributed by atoms with Crippen LogP contribution in [0.5, 0.6) is 5.75 Å². The molecular weight excluding hydrogens is 212 g/mol. The fourth-order valence-electron chi connectivity index (χ4n) is 0.813. The highest BCUT2D eigenvalue weighted by atomic mass is 35.5. The average Bonchev–Trinajstić information content (AvgIpc) is 2.02. The van der Waals surface area contributed by atoms with Gasteiger partial charge in [0, 0.05) is 12.1 Å². The largest absolute Gasteiger partial charge is 0.489 e. The Morgan fingerprint density at radius 2 is 2.07 bits per heavy atom. The zero-order valence-corrected chi connectivity index (χ0v) is 8.48. The molecule has 2 nitrogen and oxygen atoms in total. The smallest absolute Gasteiger partial charge is 0.167 e. The van der Waals surface area contributed by atoms with Gasteiger partial charge in [0.2, 0.25) is 0 Å². The molecule has 0 saturated heterocycles. The van der Waals surface area contributed by atoms with Crippen molar-refractivity contribution in [3.05, 3.63) is 29.8 Å². The van der Waals surface area contributed by atoms with Crippen LogP contribution in [0.2, 0.25) is 0 Å². The first-order valence-electron chi connectivity index (χ1n) is 3.93. The molecule has 0 aromatic heterocycles. The molecule has 0 aliphatic heterocycles. The molecule has 1 unspecified atom stereocenters. The summed E-state index contributed by atoms with van der Waals surface area (Å²) in [5, 5.41) is 0. The number of rotatable bonds is 3. The summed E-state index contributed by atoms with van der Waals surface area (Å²) in [6.45, 7) is 1.95. The van der Waals surface area contributed by atoms with Crippen molar-refractivity contribution in [1.82, 2.24) is 0 Å². The summed E-state index contributed by atoms with van der Waals surface area (Å²) in [7, 11) is 0. The third-order valence-corrected chi connectivity index (χ3v) is 1.40. The average molecular weight is 224 g/mol. The van der Waals surface area contributed by atoms with Gasteiger partial charge in [-0.15, -0.1) is 12.4 Å². The molecule has 0 aliphatic carbocycles. The van der Waals surface area contributed by atoms with Gasteiger partial charge in [0.05, 0.1) is 0 Å². The van der Waals surface area contributed by atoms with Crippen LogP contribution in [0.1, 0.15) is 6.92 Å². The van der Waals surface area contributed by atoms with Gasteiger partial charge in [0.1, 0.15) is 12.4 Å². The third-order valence-electron chi connectivity index (χ3n) is 1.40. The molecular formula is C9H12ClF2NO. The molecule has 0 bridgehead atoms. The number of hydrogen-bond acceptors (Lipinski definition) is 2. The highest BCUT2D eigenvalue weighted by Crippen LogP contribution is 2.17. The molecule has 2 N–H and O–H groups in total. The first-order valence-corrected chi connectivity index (χ1v) is 3.93. The molecule has 0 saturated carbocycles. The Morgan fingerprint density at radius 3 is 2.57 bits per heavy atom. The summed E-state index contributed by atoms with van der Waals surface area (Å²) in [5.74, 6) is -1.30. The van der Waals surface area contributed by atoms with E-state index >= 15 is 0 Å². The topological polar surface area (TPSA) is 35.2 Å². The molecule has 1 aromatic carbocycles. The van der Waals surface area contributed by atoms with Gasteiger partial charge in [0.15, 0.2) is 11.6 Å². The van der Waals surface area contributed by atoms with Crippen LogP contribution in [0.25, 0.3) is 0 Å². The number of halogens is 3. The van der Waals surface area contributed by atoms with Crippen molar-refractivity contribution in [2.45, 2.75) is 13.0 Å². The van der Waals surface area contributed by atoms with Crippen molar-refractivity contribution in [3.63, 3.8) is 0 Å². The van der Waals surface area contributed by atoms with Crippen LogP contribution in [0, 0.1) is 11.6 Å². The number of hydrogen-bond donors (Lipinski definition) is 1. The molecule has 0 aliphatic rings. The number of ether oxygens (including phenoxy) is 1. The molecule has 0 heterocycles. The zero-order chi connectivity index (χ0) is 9.84. The maximum atomic E-state index is 12.9. The first kappa shape index (κ1) is 13.1. The maximum absolute atomic E-state index is 12.9. The summed E-state index contributed by atoms with van der Waals surface area (Å²) < 4.78 is 30.3. The van der Waals surface area contributed by atoms with Gasteiger partial charge in [-0.1, -0.05) is 0 Å². The minimum atomic E-state index is -0.708. The van der Waals surface area contributed by atoms with E-state index in [1.165, 1.54) is 6.07 Å². The van der Waals surface area contributed by atoms with E-state index in [9.17, 15) is 8.78 Å². The third kappa shape index (κ3) is 3.89. The molecule has 0 radical (unpaired) electrons. The Hall–Kier alpha value is -0.870. The Labute approximate surface area is 87.5 Å². The lowest BCUT2D eigenvalue weighted by Crippen LogP contribution is -2.23. The zero-order valence-electron chi connectivity index (χ0n) is 7.67. The van der Waals surface area contributed by atoms with Crippen LogP contribution in [0.15, 0.2) is 18.2 Å². The van der Waals surface area contributed by atoms with Crippen LogP contribution in [-0.2, 0) is 0 Å². The van der Waals surface area contributed by atoms with Gasteiger partial charge in [0.25, 0.3) is 0 Å². The highest BCUT2D eigenvalue weighted by Gasteiger charge is 2.05. The van der Waals surface area contributed by atoms with Gasteiger partial charge in [-0.05, 0) is 19.1 Å². The van der Waals surface area contributed by atoms with E-state index in [1.807, 2.05) is 0 Å². The lowest BCUT2D eigenvalue weighted by atomic mass is 10.3. The molecule has 1 rings (SSSR count). The quantitative estimate of drug-likeness (QED) is 0.852.